The van der Waals surface area contributed by atoms with Crippen LogP contribution in [-0.2, 0) is 11.3 Å². The van der Waals surface area contributed by atoms with E-state index in [-0.39, 0.29) is 12.5 Å². The second-order valence-electron chi connectivity index (χ2n) is 8.92. The van der Waals surface area contributed by atoms with Gasteiger partial charge in [-0.3, -0.25) is 9.78 Å². The number of benzene rings is 3. The van der Waals surface area contributed by atoms with Crippen LogP contribution in [0.5, 0.6) is 17.2 Å². The van der Waals surface area contributed by atoms with Gasteiger partial charge in [0.25, 0.3) is 5.91 Å². The molecule has 0 saturated heterocycles. The van der Waals surface area contributed by atoms with Crippen molar-refractivity contribution in [2.75, 3.05) is 19.8 Å². The van der Waals surface area contributed by atoms with Gasteiger partial charge >= 0.3 is 5.97 Å². The van der Waals surface area contributed by atoms with Crippen LogP contribution >= 0.6 is 11.6 Å². The number of nitrogens with zero attached hydrogens (tertiary/aromatic N) is 2. The summed E-state index contributed by atoms with van der Waals surface area (Å²) in [5.74, 6) is 0.184. The van der Waals surface area contributed by atoms with E-state index in [0.29, 0.717) is 52.2 Å². The molecule has 1 aromatic heterocycles. The van der Waals surface area contributed by atoms with Gasteiger partial charge in [0.2, 0.25) is 0 Å². The van der Waals surface area contributed by atoms with Crippen molar-refractivity contribution in [2.45, 2.75) is 12.6 Å². The lowest BCUT2D eigenvalue weighted by Crippen LogP contribution is -2.39. The first-order valence-electron chi connectivity index (χ1n) is 12.3. The van der Waals surface area contributed by atoms with E-state index in [2.05, 4.69) is 4.98 Å². The summed E-state index contributed by atoms with van der Waals surface area (Å²) in [6.07, 6.45) is 1.15. The molecule has 8 nitrogen and oxygen atoms in total. The number of pyridine rings is 1. The summed E-state index contributed by atoms with van der Waals surface area (Å²) in [6, 6.07) is 25.3. The number of carbonyl (C=O) groups excluding carboxylic acids is 1. The van der Waals surface area contributed by atoms with Gasteiger partial charge in [0.1, 0.15) is 29.4 Å². The Morgan fingerprint density at radius 1 is 0.974 bits per heavy atom. The van der Waals surface area contributed by atoms with E-state index in [9.17, 15) is 9.59 Å². The number of hydrogen-bond acceptors (Lipinski definition) is 6. The Labute approximate surface area is 230 Å². The zero-order valence-corrected chi connectivity index (χ0v) is 21.6. The van der Waals surface area contributed by atoms with Crippen molar-refractivity contribution in [3.8, 4) is 28.5 Å². The minimum Gasteiger partial charge on any atom is -0.490 e. The minimum absolute atomic E-state index is 0.211. The first-order chi connectivity index (χ1) is 19.0. The van der Waals surface area contributed by atoms with Crippen LogP contribution in [0.4, 0.5) is 0 Å². The Balaban J connectivity index is 1.46. The van der Waals surface area contributed by atoms with Crippen molar-refractivity contribution in [1.82, 2.24) is 9.88 Å². The lowest BCUT2D eigenvalue weighted by atomic mass is 10.0. The quantitative estimate of drug-likeness (QED) is 0.303. The highest BCUT2D eigenvalue weighted by Gasteiger charge is 2.32. The monoisotopic (exact) mass is 544 g/mol. The molecule has 0 bridgehead atoms. The number of carbonyl (C=O) groups is 2. The van der Waals surface area contributed by atoms with Gasteiger partial charge in [0.05, 0.1) is 12.2 Å². The van der Waals surface area contributed by atoms with Crippen LogP contribution in [0, 0.1) is 0 Å². The fourth-order valence-electron chi connectivity index (χ4n) is 4.27. The molecular weight excluding hydrogens is 520 g/mol. The Hall–Kier alpha value is -4.56. The topological polar surface area (TPSA) is 98.2 Å². The van der Waals surface area contributed by atoms with E-state index in [4.69, 9.17) is 30.9 Å². The van der Waals surface area contributed by atoms with Gasteiger partial charge in [0.15, 0.2) is 12.7 Å². The smallest absolute Gasteiger partial charge is 0.341 e. The second-order valence-corrected chi connectivity index (χ2v) is 9.35. The first kappa shape index (κ1) is 26.1. The molecule has 1 amide bonds. The maximum Gasteiger partial charge on any atom is 0.341 e. The zero-order valence-electron chi connectivity index (χ0n) is 20.8. The number of halogens is 1. The van der Waals surface area contributed by atoms with E-state index < -0.39 is 18.7 Å². The van der Waals surface area contributed by atoms with Crippen LogP contribution in [0.3, 0.4) is 0 Å². The van der Waals surface area contributed by atoms with Gasteiger partial charge in [-0.15, -0.1) is 0 Å². The molecular formula is C30H25ClN2O6. The van der Waals surface area contributed by atoms with Crippen LogP contribution in [0.25, 0.3) is 11.3 Å². The molecule has 0 spiro atoms. The van der Waals surface area contributed by atoms with Gasteiger partial charge < -0.3 is 24.2 Å². The van der Waals surface area contributed by atoms with Crippen LogP contribution in [0.2, 0.25) is 5.02 Å². The molecule has 198 valence electrons. The Kier molecular flexibility index (Phi) is 7.94. The summed E-state index contributed by atoms with van der Waals surface area (Å²) in [4.78, 5) is 31.1. The Morgan fingerprint density at radius 3 is 2.38 bits per heavy atom. The number of aliphatic carboxylic acids is 1. The third-order valence-electron chi connectivity index (χ3n) is 6.09. The van der Waals surface area contributed by atoms with Crippen LogP contribution < -0.4 is 14.2 Å². The first-order valence-corrected chi connectivity index (χ1v) is 12.7. The number of aromatic nitrogens is 1. The van der Waals surface area contributed by atoms with Crippen molar-refractivity contribution < 1.29 is 28.9 Å². The largest absolute Gasteiger partial charge is 0.490 e. The molecule has 3 aromatic carbocycles. The number of rotatable bonds is 9. The fraction of sp³-hybridized carbons (Fsp3) is 0.167. The summed E-state index contributed by atoms with van der Waals surface area (Å²) in [5, 5.41) is 9.47. The normalized spacial score (nSPS) is 14.6. The summed E-state index contributed by atoms with van der Waals surface area (Å²) in [7, 11) is 0. The van der Waals surface area contributed by atoms with E-state index in [1.54, 1.807) is 65.7 Å². The molecule has 1 aliphatic heterocycles. The van der Waals surface area contributed by atoms with Crippen molar-refractivity contribution in [3.63, 3.8) is 0 Å². The zero-order chi connectivity index (χ0) is 27.2. The van der Waals surface area contributed by atoms with E-state index >= 15 is 0 Å². The highest BCUT2D eigenvalue weighted by Crippen LogP contribution is 2.34. The average Bonchev–Trinajstić information content (AvgIpc) is 3.08. The number of hydrogen-bond donors (Lipinski definition) is 1. The van der Waals surface area contributed by atoms with E-state index in [0.717, 1.165) is 5.56 Å². The molecule has 9 heteroatoms. The molecule has 0 saturated carbocycles. The summed E-state index contributed by atoms with van der Waals surface area (Å²) >= 11 is 5.99. The van der Waals surface area contributed by atoms with Crippen LogP contribution in [-0.4, -0.2) is 52.7 Å². The molecule has 5 rings (SSSR count). The Morgan fingerprint density at radius 2 is 1.67 bits per heavy atom. The van der Waals surface area contributed by atoms with Crippen LogP contribution in [0.15, 0.2) is 91.1 Å². The van der Waals surface area contributed by atoms with Gasteiger partial charge in [-0.25, -0.2) is 4.79 Å². The maximum atomic E-state index is 14.0. The lowest BCUT2D eigenvalue weighted by molar-refractivity contribution is -0.139. The highest BCUT2D eigenvalue weighted by molar-refractivity contribution is 6.30. The molecule has 0 aliphatic carbocycles. The van der Waals surface area contributed by atoms with Crippen molar-refractivity contribution in [3.05, 3.63) is 107 Å². The number of carboxylic acid groups (broad SMARTS) is 1. The van der Waals surface area contributed by atoms with Gasteiger partial charge in [0, 0.05) is 23.3 Å². The summed E-state index contributed by atoms with van der Waals surface area (Å²) in [6.45, 7) is 0.457. The van der Waals surface area contributed by atoms with Crippen molar-refractivity contribution in [2.24, 2.45) is 0 Å². The maximum absolute atomic E-state index is 14.0. The fourth-order valence-corrected chi connectivity index (χ4v) is 4.40. The molecule has 4 aromatic rings. The van der Waals surface area contributed by atoms with Crippen molar-refractivity contribution >= 4 is 23.5 Å². The van der Waals surface area contributed by atoms with E-state index in [1.165, 1.54) is 0 Å². The second kappa shape index (κ2) is 11.9. The number of amides is 1. The molecule has 1 unspecified atom stereocenters. The Bertz CT molecular complexity index is 1450. The average molecular weight is 545 g/mol. The molecule has 0 radical (unpaired) electrons. The molecule has 2 heterocycles. The van der Waals surface area contributed by atoms with Gasteiger partial charge in [-0.1, -0.05) is 41.9 Å². The predicted molar refractivity (Wildman–Crippen MR) is 145 cm³/mol. The third-order valence-corrected chi connectivity index (χ3v) is 6.34. The summed E-state index contributed by atoms with van der Waals surface area (Å²) < 4.78 is 17.6. The van der Waals surface area contributed by atoms with Crippen LogP contribution in [0.1, 0.15) is 15.9 Å². The van der Waals surface area contributed by atoms with Crippen molar-refractivity contribution in [1.29, 1.82) is 0 Å². The highest BCUT2D eigenvalue weighted by atomic mass is 35.5. The molecule has 0 fully saturated rings. The molecule has 39 heavy (non-hydrogen) atoms. The van der Waals surface area contributed by atoms with Gasteiger partial charge in [-0.2, -0.15) is 0 Å². The minimum atomic E-state index is -1.06. The number of carboxylic acids is 1. The SMILES string of the molecule is O=C(O)COc1ccc(-c2nccc3c2C(=O)N(Cc2ccccc2)CC(COc2ccc(Cl)cc2)O3)cc1. The number of fused-ring (bicyclic) bond motifs is 1. The molecule has 1 aliphatic rings. The standard InChI is InChI=1S/C30H25ClN2O6/c31-22-8-12-24(13-9-22)37-18-25-17-33(16-20-4-2-1-3-5-20)30(36)28-26(39-25)14-15-32-29(28)21-6-10-23(11-7-21)38-19-27(34)35/h1-15,25H,16-19H2,(H,34,35). The molecule has 1 atom stereocenters. The van der Waals surface area contributed by atoms with E-state index in [1.807, 2.05) is 30.3 Å². The van der Waals surface area contributed by atoms with Gasteiger partial charge in [-0.05, 0) is 60.2 Å². The summed E-state index contributed by atoms with van der Waals surface area (Å²) in [5.41, 5.74) is 2.46. The predicted octanol–water partition coefficient (Wildman–Crippen LogP) is 5.35. The third kappa shape index (κ3) is 6.48. The lowest BCUT2D eigenvalue weighted by Gasteiger charge is -2.24. The number of ether oxygens (including phenoxy) is 3. The molecule has 1 N–H and O–H groups in total.